The standard InChI is InChI=1S/C17H25IN2O3/c1-13(2)10-20-7-8-22-14(11-20)9-19-17(21)12-23-16-6-4-3-5-15(16)18/h3-6,13-14H,7-12H2,1-2H3,(H,19,21). The van der Waals surface area contributed by atoms with Gasteiger partial charge in [-0.3, -0.25) is 9.69 Å². The minimum Gasteiger partial charge on any atom is -0.483 e. The van der Waals surface area contributed by atoms with Gasteiger partial charge in [-0.05, 0) is 40.6 Å². The lowest BCUT2D eigenvalue weighted by Crippen LogP contribution is -2.48. The number of rotatable bonds is 7. The Labute approximate surface area is 151 Å². The number of morpholine rings is 1. The number of hydrogen-bond acceptors (Lipinski definition) is 4. The third-order valence-electron chi connectivity index (χ3n) is 3.57. The largest absolute Gasteiger partial charge is 0.483 e. The summed E-state index contributed by atoms with van der Waals surface area (Å²) in [5.74, 6) is 1.26. The number of carbonyl (C=O) groups is 1. The molecule has 1 amide bonds. The molecule has 128 valence electrons. The summed E-state index contributed by atoms with van der Waals surface area (Å²) in [5, 5.41) is 2.90. The Bertz CT molecular complexity index is 510. The zero-order valence-corrected chi connectivity index (χ0v) is 15.9. The fourth-order valence-electron chi connectivity index (χ4n) is 2.57. The molecule has 1 heterocycles. The van der Waals surface area contributed by atoms with Crippen LogP contribution in [0.1, 0.15) is 13.8 Å². The predicted octanol–water partition coefficient (Wildman–Crippen LogP) is 2.14. The van der Waals surface area contributed by atoms with Gasteiger partial charge < -0.3 is 14.8 Å². The van der Waals surface area contributed by atoms with Crippen LogP contribution in [-0.2, 0) is 9.53 Å². The molecule has 1 aromatic rings. The molecule has 2 rings (SSSR count). The maximum absolute atomic E-state index is 11.9. The summed E-state index contributed by atoms with van der Waals surface area (Å²) in [6, 6.07) is 7.66. The highest BCUT2D eigenvalue weighted by Gasteiger charge is 2.21. The molecular formula is C17H25IN2O3. The van der Waals surface area contributed by atoms with E-state index in [2.05, 4.69) is 46.7 Å². The van der Waals surface area contributed by atoms with Crippen molar-refractivity contribution in [1.29, 1.82) is 0 Å². The van der Waals surface area contributed by atoms with Crippen LogP contribution in [0.25, 0.3) is 0 Å². The van der Waals surface area contributed by atoms with E-state index in [9.17, 15) is 4.79 Å². The maximum Gasteiger partial charge on any atom is 0.258 e. The number of hydrogen-bond donors (Lipinski definition) is 1. The zero-order valence-electron chi connectivity index (χ0n) is 13.8. The summed E-state index contributed by atoms with van der Waals surface area (Å²) >= 11 is 2.19. The van der Waals surface area contributed by atoms with Crippen LogP contribution in [-0.4, -0.2) is 56.3 Å². The van der Waals surface area contributed by atoms with E-state index in [4.69, 9.17) is 9.47 Å². The van der Waals surface area contributed by atoms with Gasteiger partial charge in [-0.25, -0.2) is 0 Å². The van der Waals surface area contributed by atoms with Crippen molar-refractivity contribution >= 4 is 28.5 Å². The first-order valence-corrected chi connectivity index (χ1v) is 9.10. The van der Waals surface area contributed by atoms with Crippen LogP contribution in [0.5, 0.6) is 5.75 Å². The Morgan fingerprint density at radius 3 is 3.00 bits per heavy atom. The number of nitrogens with zero attached hydrogens (tertiary/aromatic N) is 1. The molecule has 1 N–H and O–H groups in total. The van der Waals surface area contributed by atoms with Crippen LogP contribution in [0.3, 0.4) is 0 Å². The Morgan fingerprint density at radius 1 is 1.48 bits per heavy atom. The van der Waals surface area contributed by atoms with E-state index in [-0.39, 0.29) is 18.6 Å². The second-order valence-electron chi connectivity index (χ2n) is 6.17. The molecule has 1 aliphatic heterocycles. The lowest BCUT2D eigenvalue weighted by molar-refractivity contribution is -0.124. The number of para-hydroxylation sites is 1. The van der Waals surface area contributed by atoms with Crippen molar-refractivity contribution in [3.8, 4) is 5.75 Å². The molecule has 1 atom stereocenters. The summed E-state index contributed by atoms with van der Waals surface area (Å²) in [4.78, 5) is 14.3. The maximum atomic E-state index is 11.9. The summed E-state index contributed by atoms with van der Waals surface area (Å²) < 4.78 is 12.3. The lowest BCUT2D eigenvalue weighted by atomic mass is 10.2. The number of ether oxygens (including phenoxy) is 2. The molecule has 5 nitrogen and oxygen atoms in total. The van der Waals surface area contributed by atoms with Crippen molar-refractivity contribution in [2.24, 2.45) is 5.92 Å². The molecule has 1 unspecified atom stereocenters. The average molecular weight is 432 g/mol. The van der Waals surface area contributed by atoms with E-state index in [0.717, 1.165) is 35.6 Å². The zero-order chi connectivity index (χ0) is 16.7. The molecule has 0 spiro atoms. The minimum absolute atomic E-state index is 0.0302. The molecular weight excluding hydrogens is 407 g/mol. The number of benzene rings is 1. The SMILES string of the molecule is CC(C)CN1CCOC(CNC(=O)COc2ccccc2I)C1. The first-order chi connectivity index (χ1) is 11.0. The number of nitrogens with one attached hydrogen (secondary N) is 1. The lowest BCUT2D eigenvalue weighted by Gasteiger charge is -2.33. The normalized spacial score (nSPS) is 18.9. The van der Waals surface area contributed by atoms with Gasteiger partial charge in [0.05, 0.1) is 16.3 Å². The Hall–Kier alpha value is -0.860. The van der Waals surface area contributed by atoms with Crippen LogP contribution in [0.2, 0.25) is 0 Å². The van der Waals surface area contributed by atoms with Crippen LogP contribution in [0.4, 0.5) is 0 Å². The number of halogens is 1. The molecule has 1 aliphatic rings. The summed E-state index contributed by atoms with van der Waals surface area (Å²) in [7, 11) is 0. The Balaban J connectivity index is 1.69. The van der Waals surface area contributed by atoms with Gasteiger partial charge in [0, 0.05) is 26.2 Å². The van der Waals surface area contributed by atoms with Gasteiger partial charge in [-0.15, -0.1) is 0 Å². The number of amides is 1. The van der Waals surface area contributed by atoms with Crippen LogP contribution in [0.15, 0.2) is 24.3 Å². The van der Waals surface area contributed by atoms with Gasteiger partial charge in [0.2, 0.25) is 0 Å². The molecule has 0 aliphatic carbocycles. The van der Waals surface area contributed by atoms with E-state index in [1.165, 1.54) is 0 Å². The fourth-order valence-corrected chi connectivity index (χ4v) is 3.11. The van der Waals surface area contributed by atoms with Gasteiger partial charge >= 0.3 is 0 Å². The average Bonchev–Trinajstić information content (AvgIpc) is 2.52. The smallest absolute Gasteiger partial charge is 0.258 e. The summed E-state index contributed by atoms with van der Waals surface area (Å²) in [5.41, 5.74) is 0. The van der Waals surface area contributed by atoms with Gasteiger partial charge in [0.25, 0.3) is 5.91 Å². The van der Waals surface area contributed by atoms with Crippen molar-refractivity contribution in [3.63, 3.8) is 0 Å². The first-order valence-electron chi connectivity index (χ1n) is 8.02. The highest BCUT2D eigenvalue weighted by molar-refractivity contribution is 14.1. The highest BCUT2D eigenvalue weighted by Crippen LogP contribution is 2.19. The molecule has 0 radical (unpaired) electrons. The molecule has 0 bridgehead atoms. The summed E-state index contributed by atoms with van der Waals surface area (Å²) in [6.07, 6.45) is 0.0586. The highest BCUT2D eigenvalue weighted by atomic mass is 127. The van der Waals surface area contributed by atoms with Crippen molar-refractivity contribution in [1.82, 2.24) is 10.2 Å². The molecule has 1 aromatic carbocycles. The third-order valence-corrected chi connectivity index (χ3v) is 4.46. The monoisotopic (exact) mass is 432 g/mol. The molecule has 23 heavy (non-hydrogen) atoms. The third kappa shape index (κ3) is 6.64. The van der Waals surface area contributed by atoms with Gasteiger partial charge in [-0.1, -0.05) is 26.0 Å². The molecule has 6 heteroatoms. The molecule has 1 fully saturated rings. The fraction of sp³-hybridized carbons (Fsp3) is 0.588. The van der Waals surface area contributed by atoms with Gasteiger partial charge in [0.15, 0.2) is 6.61 Å². The van der Waals surface area contributed by atoms with E-state index >= 15 is 0 Å². The minimum atomic E-state index is -0.116. The molecule has 1 saturated heterocycles. The molecule has 0 saturated carbocycles. The van der Waals surface area contributed by atoms with Crippen LogP contribution < -0.4 is 10.1 Å². The van der Waals surface area contributed by atoms with Crippen LogP contribution in [0, 0.1) is 9.49 Å². The first kappa shape index (κ1) is 18.5. The van der Waals surface area contributed by atoms with E-state index in [1.807, 2.05) is 24.3 Å². The van der Waals surface area contributed by atoms with Crippen LogP contribution >= 0.6 is 22.6 Å². The number of carbonyl (C=O) groups excluding carboxylic acids is 1. The molecule has 0 aromatic heterocycles. The Kier molecular flexibility index (Phi) is 7.58. The van der Waals surface area contributed by atoms with E-state index < -0.39 is 0 Å². The second kappa shape index (κ2) is 9.44. The summed E-state index contributed by atoms with van der Waals surface area (Å²) in [6.45, 7) is 8.64. The van der Waals surface area contributed by atoms with Gasteiger partial charge in [0.1, 0.15) is 5.75 Å². The van der Waals surface area contributed by atoms with Crippen molar-refractivity contribution < 1.29 is 14.3 Å². The predicted molar refractivity (Wildman–Crippen MR) is 98.7 cm³/mol. The van der Waals surface area contributed by atoms with Gasteiger partial charge in [-0.2, -0.15) is 0 Å². The van der Waals surface area contributed by atoms with Crippen molar-refractivity contribution in [2.75, 3.05) is 39.4 Å². The Morgan fingerprint density at radius 2 is 2.26 bits per heavy atom. The quantitative estimate of drug-likeness (QED) is 0.672. The van der Waals surface area contributed by atoms with Crippen molar-refractivity contribution in [2.45, 2.75) is 20.0 Å². The van der Waals surface area contributed by atoms with Crippen molar-refractivity contribution in [3.05, 3.63) is 27.8 Å². The topological polar surface area (TPSA) is 50.8 Å². The van der Waals surface area contributed by atoms with E-state index in [1.54, 1.807) is 0 Å². The second-order valence-corrected chi connectivity index (χ2v) is 7.33. The van der Waals surface area contributed by atoms with E-state index in [0.29, 0.717) is 12.5 Å².